The number of carbonyl (C=O) groups is 1. The molecule has 7 nitrogen and oxygen atoms in total. The van der Waals surface area contributed by atoms with Crippen LogP contribution >= 0.6 is 0 Å². The van der Waals surface area contributed by atoms with Crippen LogP contribution in [0.15, 0.2) is 18.2 Å². The fourth-order valence-corrected chi connectivity index (χ4v) is 1.57. The number of hydrogen-bond acceptors (Lipinski definition) is 6. The zero-order valence-electron chi connectivity index (χ0n) is 11.7. The van der Waals surface area contributed by atoms with E-state index in [0.29, 0.717) is 11.3 Å². The minimum Gasteiger partial charge on any atom is -0.492 e. The van der Waals surface area contributed by atoms with Gasteiger partial charge in [-0.3, -0.25) is 14.9 Å². The van der Waals surface area contributed by atoms with Gasteiger partial charge in [0.05, 0.1) is 17.4 Å². The maximum absolute atomic E-state index is 11.5. The number of nitro benzene ring substituents is 1. The van der Waals surface area contributed by atoms with Crippen molar-refractivity contribution in [3.63, 3.8) is 0 Å². The molecule has 1 aromatic rings. The average molecular weight is 282 g/mol. The summed E-state index contributed by atoms with van der Waals surface area (Å²) in [5.41, 5.74) is 5.20. The van der Waals surface area contributed by atoms with Crippen LogP contribution < -0.4 is 10.5 Å². The predicted molar refractivity (Wildman–Crippen MR) is 72.3 cm³/mol. The number of ether oxygens (including phenoxy) is 2. The monoisotopic (exact) mass is 282 g/mol. The molecule has 0 heterocycles. The number of hydrogen-bond donors (Lipinski definition) is 1. The first-order valence-corrected chi connectivity index (χ1v) is 6.00. The number of benzene rings is 1. The third-order valence-corrected chi connectivity index (χ3v) is 2.80. The lowest BCUT2D eigenvalue weighted by atomic mass is 9.95. The van der Waals surface area contributed by atoms with Crippen LogP contribution in [0.2, 0.25) is 0 Å². The summed E-state index contributed by atoms with van der Waals surface area (Å²) in [5.74, 6) is 0.0313. The van der Waals surface area contributed by atoms with Crippen LogP contribution in [-0.4, -0.2) is 24.6 Å². The molecule has 0 aliphatic heterocycles. The summed E-state index contributed by atoms with van der Waals surface area (Å²) < 4.78 is 10.2. The number of carbonyl (C=O) groups excluding carboxylic acids is 1. The molecule has 0 fully saturated rings. The third kappa shape index (κ3) is 3.67. The first-order valence-electron chi connectivity index (χ1n) is 6.00. The van der Waals surface area contributed by atoms with E-state index in [0.717, 1.165) is 0 Å². The molecule has 0 unspecified atom stereocenters. The average Bonchev–Trinajstić information content (AvgIpc) is 2.43. The second-order valence-electron chi connectivity index (χ2n) is 4.92. The van der Waals surface area contributed by atoms with Gasteiger partial charge in [0, 0.05) is 24.2 Å². The summed E-state index contributed by atoms with van der Waals surface area (Å²) in [6.07, 6.45) is 0. The van der Waals surface area contributed by atoms with Crippen LogP contribution in [0, 0.1) is 15.5 Å². The van der Waals surface area contributed by atoms with Crippen LogP contribution in [-0.2, 0) is 16.1 Å². The van der Waals surface area contributed by atoms with Crippen LogP contribution in [0.5, 0.6) is 5.75 Å². The maximum atomic E-state index is 11.5. The van der Waals surface area contributed by atoms with Crippen molar-refractivity contribution in [2.45, 2.75) is 20.4 Å². The molecule has 0 aliphatic rings. The fraction of sp³-hybridized carbons (Fsp3) is 0.462. The zero-order valence-corrected chi connectivity index (χ0v) is 11.7. The Hall–Kier alpha value is -2.15. The molecular formula is C13H18N2O5. The van der Waals surface area contributed by atoms with Gasteiger partial charge in [-0.1, -0.05) is 0 Å². The summed E-state index contributed by atoms with van der Waals surface area (Å²) in [5, 5.41) is 10.7. The molecule has 20 heavy (non-hydrogen) atoms. The van der Waals surface area contributed by atoms with Gasteiger partial charge in [-0.05, 0) is 19.9 Å². The fourth-order valence-electron chi connectivity index (χ4n) is 1.57. The Labute approximate surface area is 116 Å². The van der Waals surface area contributed by atoms with Gasteiger partial charge in [-0.15, -0.1) is 0 Å². The number of nitrogens with two attached hydrogens (primary N) is 1. The molecule has 1 rings (SSSR count). The SMILES string of the molecule is COC(=O)C(C)(C)COc1ccc([N+](=O)[O-])cc1CN. The van der Waals surface area contributed by atoms with Crippen molar-refractivity contribution < 1.29 is 19.2 Å². The van der Waals surface area contributed by atoms with E-state index < -0.39 is 16.3 Å². The summed E-state index contributed by atoms with van der Waals surface area (Å²) in [4.78, 5) is 21.7. The van der Waals surface area contributed by atoms with E-state index in [1.54, 1.807) is 13.8 Å². The van der Waals surface area contributed by atoms with E-state index in [1.807, 2.05) is 0 Å². The third-order valence-electron chi connectivity index (χ3n) is 2.80. The highest BCUT2D eigenvalue weighted by Gasteiger charge is 2.30. The predicted octanol–water partition coefficient (Wildman–Crippen LogP) is 1.63. The first kappa shape index (κ1) is 15.9. The highest BCUT2D eigenvalue weighted by Crippen LogP contribution is 2.26. The molecule has 0 atom stereocenters. The van der Waals surface area contributed by atoms with E-state index in [1.165, 1.54) is 25.3 Å². The molecule has 0 bridgehead atoms. The molecule has 0 saturated carbocycles. The van der Waals surface area contributed by atoms with Crippen molar-refractivity contribution in [2.75, 3.05) is 13.7 Å². The molecule has 0 amide bonds. The van der Waals surface area contributed by atoms with Gasteiger partial charge < -0.3 is 15.2 Å². The number of nitrogens with zero attached hydrogens (tertiary/aromatic N) is 1. The Morgan fingerprint density at radius 1 is 1.45 bits per heavy atom. The lowest BCUT2D eigenvalue weighted by Gasteiger charge is -2.22. The van der Waals surface area contributed by atoms with Crippen molar-refractivity contribution >= 4 is 11.7 Å². The quantitative estimate of drug-likeness (QED) is 0.483. The minimum absolute atomic E-state index is 0.0509. The second kappa shape index (κ2) is 6.33. The largest absolute Gasteiger partial charge is 0.492 e. The van der Waals surface area contributed by atoms with Gasteiger partial charge in [-0.25, -0.2) is 0 Å². The van der Waals surface area contributed by atoms with Gasteiger partial charge in [0.15, 0.2) is 0 Å². The van der Waals surface area contributed by atoms with Gasteiger partial charge >= 0.3 is 5.97 Å². The van der Waals surface area contributed by atoms with Gasteiger partial charge in [0.2, 0.25) is 0 Å². The van der Waals surface area contributed by atoms with E-state index in [-0.39, 0.29) is 18.8 Å². The smallest absolute Gasteiger partial charge is 0.314 e. The van der Waals surface area contributed by atoms with Crippen molar-refractivity contribution in [1.29, 1.82) is 0 Å². The molecule has 110 valence electrons. The number of methoxy groups -OCH3 is 1. The second-order valence-corrected chi connectivity index (χ2v) is 4.92. The maximum Gasteiger partial charge on any atom is 0.314 e. The topological polar surface area (TPSA) is 105 Å². The van der Waals surface area contributed by atoms with Gasteiger partial charge in [0.25, 0.3) is 5.69 Å². The normalized spacial score (nSPS) is 11.0. The molecule has 0 aliphatic carbocycles. The van der Waals surface area contributed by atoms with Crippen LogP contribution in [0.1, 0.15) is 19.4 Å². The van der Waals surface area contributed by atoms with Crippen molar-refractivity contribution in [3.05, 3.63) is 33.9 Å². The first-order chi connectivity index (χ1) is 9.31. The number of nitro groups is 1. The summed E-state index contributed by atoms with van der Waals surface area (Å²) in [6.45, 7) is 3.57. The zero-order chi connectivity index (χ0) is 15.3. The highest BCUT2D eigenvalue weighted by molar-refractivity contribution is 5.75. The number of rotatable bonds is 6. The van der Waals surface area contributed by atoms with E-state index >= 15 is 0 Å². The van der Waals surface area contributed by atoms with E-state index in [9.17, 15) is 14.9 Å². The van der Waals surface area contributed by atoms with Crippen LogP contribution in [0.25, 0.3) is 0 Å². The molecule has 2 N–H and O–H groups in total. The Kier molecular flexibility index (Phi) is 5.04. The van der Waals surface area contributed by atoms with Crippen LogP contribution in [0.3, 0.4) is 0 Å². The molecular weight excluding hydrogens is 264 g/mol. The molecule has 0 saturated heterocycles. The Morgan fingerprint density at radius 3 is 2.60 bits per heavy atom. The summed E-state index contributed by atoms with van der Waals surface area (Å²) in [6, 6.07) is 4.17. The van der Waals surface area contributed by atoms with E-state index in [2.05, 4.69) is 4.74 Å². The lowest BCUT2D eigenvalue weighted by molar-refractivity contribution is -0.384. The molecule has 1 aromatic carbocycles. The summed E-state index contributed by atoms with van der Waals surface area (Å²) in [7, 11) is 1.31. The number of esters is 1. The molecule has 0 aromatic heterocycles. The molecule has 0 spiro atoms. The summed E-state index contributed by atoms with van der Waals surface area (Å²) >= 11 is 0. The van der Waals surface area contributed by atoms with Crippen molar-refractivity contribution in [3.8, 4) is 5.75 Å². The van der Waals surface area contributed by atoms with Gasteiger partial charge in [0.1, 0.15) is 12.4 Å². The lowest BCUT2D eigenvalue weighted by Crippen LogP contribution is -2.32. The van der Waals surface area contributed by atoms with Crippen molar-refractivity contribution in [2.24, 2.45) is 11.1 Å². The van der Waals surface area contributed by atoms with Crippen LogP contribution in [0.4, 0.5) is 5.69 Å². The molecule has 7 heteroatoms. The Balaban J connectivity index is 2.88. The number of non-ortho nitro benzene ring substituents is 1. The van der Waals surface area contributed by atoms with Crippen molar-refractivity contribution in [1.82, 2.24) is 0 Å². The Morgan fingerprint density at radius 2 is 2.10 bits per heavy atom. The molecule has 0 radical (unpaired) electrons. The standard InChI is InChI=1S/C13H18N2O5/c1-13(2,12(16)19-3)8-20-11-5-4-10(15(17)18)6-9(11)7-14/h4-6H,7-8,14H2,1-3H3. The van der Waals surface area contributed by atoms with E-state index in [4.69, 9.17) is 10.5 Å². The van der Waals surface area contributed by atoms with Gasteiger partial charge in [-0.2, -0.15) is 0 Å². The highest BCUT2D eigenvalue weighted by atomic mass is 16.6. The minimum atomic E-state index is -0.817. The Bertz CT molecular complexity index is 513.